The quantitative estimate of drug-likeness (QED) is 0.873. The van der Waals surface area contributed by atoms with Crippen LogP contribution in [0.5, 0.6) is 0 Å². The van der Waals surface area contributed by atoms with Crippen molar-refractivity contribution in [2.45, 2.75) is 13.3 Å². The predicted molar refractivity (Wildman–Crippen MR) is 101 cm³/mol. The molecule has 0 unspecified atom stereocenters. The number of nitrogens with one attached hydrogen (secondary N) is 1. The monoisotopic (exact) mass is 370 g/mol. The molecule has 2 amide bonds. The summed E-state index contributed by atoms with van der Waals surface area (Å²) < 4.78 is 12.9. The van der Waals surface area contributed by atoms with E-state index in [-0.39, 0.29) is 17.6 Å². The Labute approximate surface area is 158 Å². The molecule has 1 fully saturated rings. The van der Waals surface area contributed by atoms with Crippen LogP contribution in [-0.2, 0) is 11.2 Å². The van der Waals surface area contributed by atoms with Crippen molar-refractivity contribution >= 4 is 17.5 Å². The summed E-state index contributed by atoms with van der Waals surface area (Å²) in [4.78, 5) is 31.9. The molecule has 1 aromatic carbocycles. The molecular weight excluding hydrogens is 347 g/mol. The lowest BCUT2D eigenvalue weighted by Gasteiger charge is -2.35. The van der Waals surface area contributed by atoms with Crippen LogP contribution < -0.4 is 10.2 Å². The number of nitrogens with zero attached hydrogens (tertiary/aromatic N) is 3. The molecule has 7 heteroatoms. The number of piperazine rings is 1. The van der Waals surface area contributed by atoms with Gasteiger partial charge in [0.1, 0.15) is 5.82 Å². The number of rotatable bonds is 5. The van der Waals surface area contributed by atoms with Crippen LogP contribution in [0.2, 0.25) is 0 Å². The zero-order valence-electron chi connectivity index (χ0n) is 15.3. The number of halogens is 1. The third-order valence-corrected chi connectivity index (χ3v) is 4.69. The number of hydrogen-bond donors (Lipinski definition) is 1. The maximum atomic E-state index is 12.9. The fraction of sp³-hybridized carbons (Fsp3) is 0.350. The van der Waals surface area contributed by atoms with Gasteiger partial charge in [-0.1, -0.05) is 12.1 Å². The Morgan fingerprint density at radius 2 is 1.81 bits per heavy atom. The molecule has 142 valence electrons. The predicted octanol–water partition coefficient (Wildman–Crippen LogP) is 1.86. The second-order valence-corrected chi connectivity index (χ2v) is 6.56. The van der Waals surface area contributed by atoms with Gasteiger partial charge in [0.15, 0.2) is 0 Å². The van der Waals surface area contributed by atoms with E-state index in [0.29, 0.717) is 31.6 Å². The Bertz CT molecular complexity index is 802. The van der Waals surface area contributed by atoms with Crippen LogP contribution in [0.3, 0.4) is 0 Å². The van der Waals surface area contributed by atoms with Crippen molar-refractivity contribution in [2.75, 3.05) is 37.6 Å². The molecule has 1 aromatic heterocycles. The molecule has 0 bridgehead atoms. The van der Waals surface area contributed by atoms with Gasteiger partial charge in [0.2, 0.25) is 5.91 Å². The maximum Gasteiger partial charge on any atom is 0.252 e. The Morgan fingerprint density at radius 1 is 1.11 bits per heavy atom. The molecule has 0 aliphatic carbocycles. The van der Waals surface area contributed by atoms with E-state index in [1.807, 2.05) is 11.0 Å². The average molecular weight is 370 g/mol. The smallest absolute Gasteiger partial charge is 0.252 e. The van der Waals surface area contributed by atoms with Gasteiger partial charge in [-0.15, -0.1) is 0 Å². The number of pyridine rings is 1. The van der Waals surface area contributed by atoms with Crippen LogP contribution in [0.25, 0.3) is 0 Å². The second-order valence-electron chi connectivity index (χ2n) is 6.56. The molecule has 3 rings (SSSR count). The van der Waals surface area contributed by atoms with Crippen LogP contribution in [0.1, 0.15) is 22.8 Å². The SMILES string of the molecule is CC(=O)N1CCN(c2cncc(C(=O)NCCc3ccc(F)cc3)c2)CC1. The molecule has 0 spiro atoms. The zero-order chi connectivity index (χ0) is 19.2. The highest BCUT2D eigenvalue weighted by molar-refractivity contribution is 5.94. The third-order valence-electron chi connectivity index (χ3n) is 4.69. The van der Waals surface area contributed by atoms with E-state index in [1.165, 1.54) is 12.1 Å². The van der Waals surface area contributed by atoms with Gasteiger partial charge in [-0.25, -0.2) is 4.39 Å². The molecule has 27 heavy (non-hydrogen) atoms. The zero-order valence-corrected chi connectivity index (χ0v) is 15.3. The van der Waals surface area contributed by atoms with Crippen molar-refractivity contribution in [2.24, 2.45) is 0 Å². The van der Waals surface area contributed by atoms with E-state index in [4.69, 9.17) is 0 Å². The molecule has 0 atom stereocenters. The summed E-state index contributed by atoms with van der Waals surface area (Å²) in [5.41, 5.74) is 2.34. The number of anilines is 1. The molecule has 0 saturated carbocycles. The summed E-state index contributed by atoms with van der Waals surface area (Å²) in [5, 5.41) is 2.87. The van der Waals surface area contributed by atoms with Gasteiger partial charge in [0, 0.05) is 45.8 Å². The topological polar surface area (TPSA) is 65.5 Å². The number of benzene rings is 1. The van der Waals surface area contributed by atoms with Crippen molar-refractivity contribution in [1.82, 2.24) is 15.2 Å². The Morgan fingerprint density at radius 3 is 2.48 bits per heavy atom. The van der Waals surface area contributed by atoms with Gasteiger partial charge < -0.3 is 15.1 Å². The number of carbonyl (C=O) groups is 2. The van der Waals surface area contributed by atoms with Crippen molar-refractivity contribution in [1.29, 1.82) is 0 Å². The summed E-state index contributed by atoms with van der Waals surface area (Å²) in [6.07, 6.45) is 3.91. The first-order valence-electron chi connectivity index (χ1n) is 9.01. The largest absolute Gasteiger partial charge is 0.367 e. The second kappa shape index (κ2) is 8.62. The molecule has 1 N–H and O–H groups in total. The highest BCUT2D eigenvalue weighted by Gasteiger charge is 2.19. The van der Waals surface area contributed by atoms with E-state index < -0.39 is 0 Å². The van der Waals surface area contributed by atoms with Gasteiger partial charge in [0.05, 0.1) is 17.4 Å². The normalized spacial score (nSPS) is 14.1. The van der Waals surface area contributed by atoms with Gasteiger partial charge in [-0.2, -0.15) is 0 Å². The fourth-order valence-corrected chi connectivity index (χ4v) is 3.08. The number of hydrogen-bond acceptors (Lipinski definition) is 4. The molecular formula is C20H23FN4O2. The van der Waals surface area contributed by atoms with E-state index in [2.05, 4.69) is 15.2 Å². The first-order valence-corrected chi connectivity index (χ1v) is 9.01. The molecule has 1 aliphatic rings. The molecule has 1 saturated heterocycles. The molecule has 0 radical (unpaired) electrons. The first kappa shape index (κ1) is 18.8. The van der Waals surface area contributed by atoms with Gasteiger partial charge >= 0.3 is 0 Å². The summed E-state index contributed by atoms with van der Waals surface area (Å²) in [6.45, 7) is 4.82. The van der Waals surface area contributed by atoms with E-state index in [1.54, 1.807) is 31.5 Å². The minimum atomic E-state index is -0.269. The third kappa shape index (κ3) is 5.03. The van der Waals surface area contributed by atoms with Gasteiger partial charge in [-0.3, -0.25) is 14.6 Å². The van der Waals surface area contributed by atoms with Crippen molar-refractivity contribution < 1.29 is 14.0 Å². The van der Waals surface area contributed by atoms with E-state index >= 15 is 0 Å². The number of carbonyl (C=O) groups excluding carboxylic acids is 2. The van der Waals surface area contributed by atoms with Crippen LogP contribution in [0.4, 0.5) is 10.1 Å². The average Bonchev–Trinajstić information content (AvgIpc) is 2.69. The molecule has 2 aromatic rings. The number of amides is 2. The van der Waals surface area contributed by atoms with Crippen LogP contribution in [-0.4, -0.2) is 54.4 Å². The van der Waals surface area contributed by atoms with Gasteiger partial charge in [-0.05, 0) is 30.2 Å². The maximum absolute atomic E-state index is 12.9. The standard InChI is InChI=1S/C20H23FN4O2/c1-15(26)24-8-10-25(11-9-24)19-12-17(13-22-14-19)20(27)23-7-6-16-2-4-18(21)5-3-16/h2-5,12-14H,6-11H2,1H3,(H,23,27). The van der Waals surface area contributed by atoms with E-state index in [9.17, 15) is 14.0 Å². The highest BCUT2D eigenvalue weighted by atomic mass is 19.1. The van der Waals surface area contributed by atoms with Crippen molar-refractivity contribution in [3.05, 3.63) is 59.7 Å². The van der Waals surface area contributed by atoms with Crippen LogP contribution in [0.15, 0.2) is 42.7 Å². The van der Waals surface area contributed by atoms with Crippen LogP contribution >= 0.6 is 0 Å². The Balaban J connectivity index is 1.54. The minimum absolute atomic E-state index is 0.0852. The lowest BCUT2D eigenvalue weighted by molar-refractivity contribution is -0.129. The first-order chi connectivity index (χ1) is 13.0. The lowest BCUT2D eigenvalue weighted by atomic mass is 10.1. The van der Waals surface area contributed by atoms with Gasteiger partial charge in [0.25, 0.3) is 5.91 Å². The summed E-state index contributed by atoms with van der Waals surface area (Å²) in [6, 6.07) is 8.07. The summed E-state index contributed by atoms with van der Waals surface area (Å²) in [5.74, 6) is -0.370. The Kier molecular flexibility index (Phi) is 6.01. The molecule has 1 aliphatic heterocycles. The Hall–Kier alpha value is -2.96. The number of aromatic nitrogens is 1. The summed E-state index contributed by atoms with van der Waals surface area (Å²) >= 11 is 0. The fourth-order valence-electron chi connectivity index (χ4n) is 3.08. The van der Waals surface area contributed by atoms with E-state index in [0.717, 1.165) is 24.3 Å². The van der Waals surface area contributed by atoms with Crippen molar-refractivity contribution in [3.63, 3.8) is 0 Å². The highest BCUT2D eigenvalue weighted by Crippen LogP contribution is 2.17. The lowest BCUT2D eigenvalue weighted by Crippen LogP contribution is -2.48. The van der Waals surface area contributed by atoms with Crippen molar-refractivity contribution in [3.8, 4) is 0 Å². The summed E-state index contributed by atoms with van der Waals surface area (Å²) in [7, 11) is 0. The van der Waals surface area contributed by atoms with Crippen LogP contribution in [0, 0.1) is 5.82 Å². The molecule has 2 heterocycles. The molecule has 6 nitrogen and oxygen atoms in total. The minimum Gasteiger partial charge on any atom is -0.367 e.